The Bertz CT molecular complexity index is 676. The third-order valence-electron chi connectivity index (χ3n) is 2.63. The van der Waals surface area contributed by atoms with Crippen LogP contribution in [0.1, 0.15) is 5.69 Å². The van der Waals surface area contributed by atoms with Gasteiger partial charge in [-0.25, -0.2) is 0 Å². The topological polar surface area (TPSA) is 82.5 Å². The van der Waals surface area contributed by atoms with Gasteiger partial charge in [-0.15, -0.1) is 10.2 Å². The van der Waals surface area contributed by atoms with Gasteiger partial charge in [0.05, 0.1) is 5.69 Å². The van der Waals surface area contributed by atoms with Gasteiger partial charge in [0.2, 0.25) is 5.82 Å². The molecule has 0 saturated heterocycles. The molecule has 0 fully saturated rings. The first-order chi connectivity index (χ1) is 9.31. The minimum Gasteiger partial charge on any atom is -0.399 e. The van der Waals surface area contributed by atoms with Crippen LogP contribution in [0.2, 0.25) is 0 Å². The molecule has 3 aromatic rings. The van der Waals surface area contributed by atoms with Crippen LogP contribution in [0, 0.1) is 0 Å². The van der Waals surface area contributed by atoms with E-state index in [2.05, 4.69) is 20.4 Å². The van der Waals surface area contributed by atoms with Gasteiger partial charge in [0, 0.05) is 17.4 Å². The fourth-order valence-electron chi connectivity index (χ4n) is 1.74. The number of rotatable bonds is 3. The molecule has 0 aliphatic rings. The van der Waals surface area contributed by atoms with E-state index < -0.39 is 0 Å². The third kappa shape index (κ3) is 2.57. The summed E-state index contributed by atoms with van der Waals surface area (Å²) >= 11 is 0. The monoisotopic (exact) mass is 252 g/mol. The minimum absolute atomic E-state index is 0.449. The summed E-state index contributed by atoms with van der Waals surface area (Å²) in [5, 5.41) is 12.4. The SMILES string of the molecule is Nc1ccnc(Cn2nnc(-c3ccccc3)n2)c1. The summed E-state index contributed by atoms with van der Waals surface area (Å²) in [7, 11) is 0. The fraction of sp³-hybridized carbons (Fsp3) is 0.0769. The Balaban J connectivity index is 1.82. The second kappa shape index (κ2) is 4.85. The lowest BCUT2D eigenvalue weighted by molar-refractivity contribution is 0.565. The zero-order valence-corrected chi connectivity index (χ0v) is 10.1. The molecule has 6 heteroatoms. The molecular weight excluding hydrogens is 240 g/mol. The number of tetrazole rings is 1. The smallest absolute Gasteiger partial charge is 0.204 e. The normalized spacial score (nSPS) is 10.5. The summed E-state index contributed by atoms with van der Waals surface area (Å²) in [4.78, 5) is 5.71. The zero-order valence-electron chi connectivity index (χ0n) is 10.1. The van der Waals surface area contributed by atoms with Crippen LogP contribution in [0.5, 0.6) is 0 Å². The van der Waals surface area contributed by atoms with E-state index in [1.165, 1.54) is 4.80 Å². The number of benzene rings is 1. The van der Waals surface area contributed by atoms with Gasteiger partial charge in [-0.1, -0.05) is 30.3 Å². The van der Waals surface area contributed by atoms with E-state index >= 15 is 0 Å². The number of anilines is 1. The van der Waals surface area contributed by atoms with Crippen molar-refractivity contribution in [2.24, 2.45) is 0 Å². The van der Waals surface area contributed by atoms with Crippen LogP contribution in [0.15, 0.2) is 48.7 Å². The molecule has 0 unspecified atom stereocenters. The van der Waals surface area contributed by atoms with Crippen molar-refractivity contribution in [3.05, 3.63) is 54.4 Å². The minimum atomic E-state index is 0.449. The lowest BCUT2D eigenvalue weighted by Crippen LogP contribution is -2.06. The van der Waals surface area contributed by atoms with Gasteiger partial charge in [-0.3, -0.25) is 4.98 Å². The fourth-order valence-corrected chi connectivity index (χ4v) is 1.74. The van der Waals surface area contributed by atoms with Gasteiger partial charge in [0.15, 0.2) is 0 Å². The van der Waals surface area contributed by atoms with Crippen molar-refractivity contribution >= 4 is 5.69 Å². The highest BCUT2D eigenvalue weighted by Crippen LogP contribution is 2.12. The summed E-state index contributed by atoms with van der Waals surface area (Å²) in [5.41, 5.74) is 8.12. The van der Waals surface area contributed by atoms with Crippen molar-refractivity contribution < 1.29 is 0 Å². The Morgan fingerprint density at radius 1 is 1.11 bits per heavy atom. The zero-order chi connectivity index (χ0) is 13.1. The highest BCUT2D eigenvalue weighted by atomic mass is 15.6. The van der Waals surface area contributed by atoms with Crippen molar-refractivity contribution in [2.45, 2.75) is 6.54 Å². The van der Waals surface area contributed by atoms with E-state index in [0.717, 1.165) is 11.3 Å². The number of aromatic nitrogens is 5. The maximum Gasteiger partial charge on any atom is 0.204 e. The van der Waals surface area contributed by atoms with Gasteiger partial charge in [0.25, 0.3) is 0 Å². The van der Waals surface area contributed by atoms with E-state index in [1.807, 2.05) is 30.3 Å². The quantitative estimate of drug-likeness (QED) is 0.761. The van der Waals surface area contributed by atoms with Crippen LogP contribution in [0.25, 0.3) is 11.4 Å². The number of nitrogen functional groups attached to an aromatic ring is 1. The summed E-state index contributed by atoms with van der Waals surface area (Å²) in [5.74, 6) is 0.601. The Morgan fingerprint density at radius 3 is 2.74 bits per heavy atom. The molecule has 0 radical (unpaired) electrons. The lowest BCUT2D eigenvalue weighted by atomic mass is 10.2. The Labute approximate surface area is 109 Å². The second-order valence-corrected chi connectivity index (χ2v) is 4.09. The average Bonchev–Trinajstić information content (AvgIpc) is 2.88. The van der Waals surface area contributed by atoms with Crippen molar-refractivity contribution in [3.8, 4) is 11.4 Å². The van der Waals surface area contributed by atoms with E-state index in [4.69, 9.17) is 5.73 Å². The molecule has 2 heterocycles. The molecule has 0 spiro atoms. The van der Waals surface area contributed by atoms with Gasteiger partial charge in [-0.05, 0) is 17.3 Å². The molecular formula is C13H12N6. The van der Waals surface area contributed by atoms with Crippen molar-refractivity contribution in [3.63, 3.8) is 0 Å². The molecule has 0 amide bonds. The number of hydrogen-bond donors (Lipinski definition) is 1. The summed E-state index contributed by atoms with van der Waals surface area (Å²) in [6.45, 7) is 0.449. The summed E-state index contributed by atoms with van der Waals surface area (Å²) in [6, 6.07) is 13.3. The van der Waals surface area contributed by atoms with Gasteiger partial charge >= 0.3 is 0 Å². The molecule has 3 rings (SSSR count). The van der Waals surface area contributed by atoms with E-state index in [9.17, 15) is 0 Å². The highest BCUT2D eigenvalue weighted by Gasteiger charge is 2.06. The van der Waals surface area contributed by atoms with Crippen LogP contribution in [-0.2, 0) is 6.54 Å². The van der Waals surface area contributed by atoms with Gasteiger partial charge in [0.1, 0.15) is 6.54 Å². The summed E-state index contributed by atoms with van der Waals surface area (Å²) in [6.07, 6.45) is 1.67. The number of nitrogens with two attached hydrogens (primary N) is 1. The Kier molecular flexibility index (Phi) is 2.89. The maximum atomic E-state index is 5.70. The largest absolute Gasteiger partial charge is 0.399 e. The maximum absolute atomic E-state index is 5.70. The van der Waals surface area contributed by atoms with Gasteiger partial charge in [-0.2, -0.15) is 4.80 Å². The predicted molar refractivity (Wildman–Crippen MR) is 71.0 cm³/mol. The molecule has 94 valence electrons. The number of nitrogens with zero attached hydrogens (tertiary/aromatic N) is 5. The molecule has 19 heavy (non-hydrogen) atoms. The number of hydrogen-bond acceptors (Lipinski definition) is 5. The van der Waals surface area contributed by atoms with E-state index in [0.29, 0.717) is 18.1 Å². The van der Waals surface area contributed by atoms with E-state index in [-0.39, 0.29) is 0 Å². The van der Waals surface area contributed by atoms with Crippen molar-refractivity contribution in [1.29, 1.82) is 0 Å². The Morgan fingerprint density at radius 2 is 1.95 bits per heavy atom. The third-order valence-corrected chi connectivity index (χ3v) is 2.63. The van der Waals surface area contributed by atoms with Crippen LogP contribution >= 0.6 is 0 Å². The molecule has 1 aromatic carbocycles. The number of pyridine rings is 1. The highest BCUT2D eigenvalue weighted by molar-refractivity contribution is 5.52. The average molecular weight is 252 g/mol. The predicted octanol–water partition coefficient (Wildman–Crippen LogP) is 1.37. The molecule has 0 aliphatic heterocycles. The molecule has 0 bridgehead atoms. The Hall–Kier alpha value is -2.76. The standard InChI is InChI=1S/C13H12N6/c14-11-6-7-15-12(8-11)9-19-17-13(16-18-19)10-4-2-1-3-5-10/h1-8H,9H2,(H2,14,15). The molecule has 2 aromatic heterocycles. The molecule has 0 atom stereocenters. The van der Waals surface area contributed by atoms with Crippen LogP contribution in [0.4, 0.5) is 5.69 Å². The lowest BCUT2D eigenvalue weighted by Gasteiger charge is -1.99. The van der Waals surface area contributed by atoms with Crippen molar-refractivity contribution in [2.75, 3.05) is 5.73 Å². The first-order valence-electron chi connectivity index (χ1n) is 5.85. The molecule has 0 aliphatic carbocycles. The summed E-state index contributed by atoms with van der Waals surface area (Å²) < 4.78 is 0. The van der Waals surface area contributed by atoms with Crippen LogP contribution < -0.4 is 5.73 Å². The van der Waals surface area contributed by atoms with Gasteiger partial charge < -0.3 is 5.73 Å². The second-order valence-electron chi connectivity index (χ2n) is 4.09. The molecule has 0 saturated carbocycles. The van der Waals surface area contributed by atoms with Crippen LogP contribution in [0.3, 0.4) is 0 Å². The first kappa shape index (κ1) is 11.3. The molecule has 6 nitrogen and oxygen atoms in total. The molecule has 2 N–H and O–H groups in total. The van der Waals surface area contributed by atoms with E-state index in [1.54, 1.807) is 18.3 Å². The van der Waals surface area contributed by atoms with Crippen LogP contribution in [-0.4, -0.2) is 25.2 Å². The van der Waals surface area contributed by atoms with Crippen molar-refractivity contribution in [1.82, 2.24) is 25.2 Å². The first-order valence-corrected chi connectivity index (χ1v) is 5.85.